The summed E-state index contributed by atoms with van der Waals surface area (Å²) >= 11 is 0. The van der Waals surface area contributed by atoms with Crippen LogP contribution in [0.15, 0.2) is 53.1 Å². The second-order valence-electron chi connectivity index (χ2n) is 6.20. The topological polar surface area (TPSA) is 102 Å². The molecule has 0 aliphatic rings. The fourth-order valence-electron chi connectivity index (χ4n) is 2.92. The molecule has 2 N–H and O–H groups in total. The number of methoxy groups -OCH3 is 1. The van der Waals surface area contributed by atoms with Gasteiger partial charge in [-0.05, 0) is 22.8 Å². The Labute approximate surface area is 155 Å². The summed E-state index contributed by atoms with van der Waals surface area (Å²) in [5, 5.41) is 17.9. The number of nitrogens with zero attached hydrogens (tertiary/aromatic N) is 1. The van der Waals surface area contributed by atoms with Crippen molar-refractivity contribution in [1.29, 1.82) is 0 Å². The maximum absolute atomic E-state index is 12.2. The smallest absolute Gasteiger partial charge is 0.308 e. The van der Waals surface area contributed by atoms with Crippen LogP contribution in [0.25, 0.3) is 10.8 Å². The number of carboxylic acids is 1. The molecule has 7 nitrogen and oxygen atoms in total. The van der Waals surface area contributed by atoms with Gasteiger partial charge in [-0.3, -0.25) is 9.59 Å². The van der Waals surface area contributed by atoms with Gasteiger partial charge < -0.3 is 19.7 Å². The minimum atomic E-state index is -0.969. The van der Waals surface area contributed by atoms with E-state index in [0.717, 1.165) is 16.3 Å². The molecule has 2 aromatic carbocycles. The van der Waals surface area contributed by atoms with Crippen molar-refractivity contribution in [3.63, 3.8) is 0 Å². The highest BCUT2D eigenvalue weighted by molar-refractivity contribution is 5.92. The normalized spacial score (nSPS) is 12.0. The molecule has 1 unspecified atom stereocenters. The van der Waals surface area contributed by atoms with Gasteiger partial charge in [-0.2, -0.15) is 0 Å². The molecule has 1 heterocycles. The molecule has 1 aromatic heterocycles. The minimum Gasteiger partial charge on any atom is -0.481 e. The SMILES string of the molecule is COCc1cc(C(=O)NCC(Cc2cccc3ccccc23)C(=O)O)no1. The lowest BCUT2D eigenvalue weighted by Gasteiger charge is -2.14. The van der Waals surface area contributed by atoms with Crippen molar-refractivity contribution in [2.45, 2.75) is 13.0 Å². The van der Waals surface area contributed by atoms with Gasteiger partial charge in [-0.1, -0.05) is 47.6 Å². The lowest BCUT2D eigenvalue weighted by Crippen LogP contribution is -2.34. The Morgan fingerprint density at radius 2 is 2.00 bits per heavy atom. The monoisotopic (exact) mass is 368 g/mol. The molecule has 0 aliphatic heterocycles. The zero-order valence-electron chi connectivity index (χ0n) is 14.8. The van der Waals surface area contributed by atoms with E-state index in [1.807, 2.05) is 42.5 Å². The predicted molar refractivity (Wildman–Crippen MR) is 98.3 cm³/mol. The third kappa shape index (κ3) is 4.51. The number of hydrogen-bond donors (Lipinski definition) is 2. The average molecular weight is 368 g/mol. The molecular weight excluding hydrogens is 348 g/mol. The second kappa shape index (κ2) is 8.46. The van der Waals surface area contributed by atoms with E-state index >= 15 is 0 Å². The first-order chi connectivity index (χ1) is 13.1. The molecule has 0 fully saturated rings. The summed E-state index contributed by atoms with van der Waals surface area (Å²) in [5.41, 5.74) is 1.02. The zero-order chi connectivity index (χ0) is 19.2. The first-order valence-electron chi connectivity index (χ1n) is 8.50. The molecule has 0 bridgehead atoms. The number of rotatable bonds is 8. The number of benzene rings is 2. The molecule has 7 heteroatoms. The zero-order valence-corrected chi connectivity index (χ0v) is 14.8. The van der Waals surface area contributed by atoms with Gasteiger partial charge in [0, 0.05) is 19.7 Å². The highest BCUT2D eigenvalue weighted by Gasteiger charge is 2.21. The van der Waals surface area contributed by atoms with Crippen molar-refractivity contribution in [3.8, 4) is 0 Å². The molecule has 0 saturated carbocycles. The Hall–Kier alpha value is -3.19. The lowest BCUT2D eigenvalue weighted by molar-refractivity contribution is -0.141. The van der Waals surface area contributed by atoms with Gasteiger partial charge in [0.15, 0.2) is 11.5 Å². The lowest BCUT2D eigenvalue weighted by atomic mass is 9.95. The largest absolute Gasteiger partial charge is 0.481 e. The van der Waals surface area contributed by atoms with Gasteiger partial charge >= 0.3 is 5.97 Å². The van der Waals surface area contributed by atoms with E-state index in [0.29, 0.717) is 12.2 Å². The highest BCUT2D eigenvalue weighted by Crippen LogP contribution is 2.21. The summed E-state index contributed by atoms with van der Waals surface area (Å²) < 4.78 is 9.88. The Kier molecular flexibility index (Phi) is 5.83. The summed E-state index contributed by atoms with van der Waals surface area (Å²) in [6.07, 6.45) is 0.310. The van der Waals surface area contributed by atoms with Gasteiger partial charge in [0.2, 0.25) is 0 Å². The number of carboxylic acid groups (broad SMARTS) is 1. The van der Waals surface area contributed by atoms with Crippen LogP contribution in [0.4, 0.5) is 0 Å². The van der Waals surface area contributed by atoms with Gasteiger partial charge in [0.25, 0.3) is 5.91 Å². The molecule has 3 rings (SSSR count). The first-order valence-corrected chi connectivity index (χ1v) is 8.50. The van der Waals surface area contributed by atoms with Crippen LogP contribution in [0.1, 0.15) is 21.8 Å². The molecule has 0 saturated heterocycles. The van der Waals surface area contributed by atoms with Crippen LogP contribution >= 0.6 is 0 Å². The van der Waals surface area contributed by atoms with Gasteiger partial charge in [0.1, 0.15) is 6.61 Å². The van der Waals surface area contributed by atoms with E-state index in [9.17, 15) is 14.7 Å². The summed E-state index contributed by atoms with van der Waals surface area (Å²) in [7, 11) is 1.51. The maximum Gasteiger partial charge on any atom is 0.308 e. The van der Waals surface area contributed by atoms with E-state index in [1.54, 1.807) is 0 Å². The summed E-state index contributed by atoms with van der Waals surface area (Å²) in [4.78, 5) is 23.9. The predicted octanol–water partition coefficient (Wildman–Crippen LogP) is 2.65. The number of fused-ring (bicyclic) bond motifs is 1. The Balaban J connectivity index is 1.68. The molecule has 0 aliphatic carbocycles. The summed E-state index contributed by atoms with van der Waals surface area (Å²) in [5.74, 6) is -1.79. The Morgan fingerprint density at radius 1 is 1.22 bits per heavy atom. The third-order valence-electron chi connectivity index (χ3n) is 4.28. The number of aliphatic carboxylic acids is 1. The van der Waals surface area contributed by atoms with Crippen LogP contribution in [-0.2, 0) is 22.6 Å². The Morgan fingerprint density at radius 3 is 2.78 bits per heavy atom. The number of amides is 1. The fourth-order valence-corrected chi connectivity index (χ4v) is 2.92. The number of aromatic nitrogens is 1. The number of ether oxygens (including phenoxy) is 1. The van der Waals surface area contributed by atoms with Crippen LogP contribution in [0.3, 0.4) is 0 Å². The van der Waals surface area contributed by atoms with Crippen molar-refractivity contribution < 1.29 is 24.0 Å². The molecule has 3 aromatic rings. The molecule has 27 heavy (non-hydrogen) atoms. The number of hydrogen-bond acceptors (Lipinski definition) is 5. The van der Waals surface area contributed by atoms with Crippen molar-refractivity contribution in [1.82, 2.24) is 10.5 Å². The van der Waals surface area contributed by atoms with E-state index < -0.39 is 17.8 Å². The standard InChI is InChI=1S/C20H20N2O5/c1-26-12-16-10-18(22-27-16)19(23)21-11-15(20(24)25)9-14-7-4-6-13-5-2-3-8-17(13)14/h2-8,10,15H,9,11-12H2,1H3,(H,21,23)(H,24,25). The van der Waals surface area contributed by atoms with Gasteiger partial charge in [-0.15, -0.1) is 0 Å². The van der Waals surface area contributed by atoms with Crippen molar-refractivity contribution in [2.24, 2.45) is 5.92 Å². The molecule has 1 atom stereocenters. The number of nitrogens with one attached hydrogen (secondary N) is 1. The van der Waals surface area contributed by atoms with E-state index in [-0.39, 0.29) is 18.8 Å². The van der Waals surface area contributed by atoms with Gasteiger partial charge in [-0.25, -0.2) is 0 Å². The van der Waals surface area contributed by atoms with E-state index in [4.69, 9.17) is 9.26 Å². The molecule has 140 valence electrons. The summed E-state index contributed by atoms with van der Waals surface area (Å²) in [6.45, 7) is 0.197. The number of carbonyl (C=O) groups excluding carboxylic acids is 1. The van der Waals surface area contributed by atoms with Crippen LogP contribution < -0.4 is 5.32 Å². The average Bonchev–Trinajstić information content (AvgIpc) is 3.14. The maximum atomic E-state index is 12.2. The van der Waals surface area contributed by atoms with Crippen LogP contribution in [0, 0.1) is 5.92 Å². The Bertz CT molecular complexity index is 945. The molecular formula is C20H20N2O5. The summed E-state index contributed by atoms with van der Waals surface area (Å²) in [6, 6.07) is 15.1. The van der Waals surface area contributed by atoms with E-state index in [2.05, 4.69) is 10.5 Å². The van der Waals surface area contributed by atoms with Crippen molar-refractivity contribution in [3.05, 3.63) is 65.5 Å². The van der Waals surface area contributed by atoms with Crippen molar-refractivity contribution in [2.75, 3.05) is 13.7 Å². The first kappa shape index (κ1) is 18.6. The second-order valence-corrected chi connectivity index (χ2v) is 6.20. The quantitative estimate of drug-likeness (QED) is 0.634. The van der Waals surface area contributed by atoms with Crippen LogP contribution in [-0.4, -0.2) is 35.8 Å². The van der Waals surface area contributed by atoms with Crippen LogP contribution in [0.2, 0.25) is 0 Å². The molecule has 0 radical (unpaired) electrons. The number of carbonyl (C=O) groups is 2. The van der Waals surface area contributed by atoms with Crippen LogP contribution in [0.5, 0.6) is 0 Å². The highest BCUT2D eigenvalue weighted by atomic mass is 16.5. The molecule has 0 spiro atoms. The third-order valence-corrected chi connectivity index (χ3v) is 4.28. The van der Waals surface area contributed by atoms with E-state index in [1.165, 1.54) is 13.2 Å². The fraction of sp³-hybridized carbons (Fsp3) is 0.250. The minimum absolute atomic E-state index is 0.0101. The van der Waals surface area contributed by atoms with Gasteiger partial charge in [0.05, 0.1) is 5.92 Å². The molecule has 1 amide bonds. The van der Waals surface area contributed by atoms with Crippen molar-refractivity contribution >= 4 is 22.6 Å².